The van der Waals surface area contributed by atoms with Gasteiger partial charge in [-0.3, -0.25) is 13.9 Å². The van der Waals surface area contributed by atoms with E-state index in [0.29, 0.717) is 15.6 Å². The normalized spacial score (nSPS) is 12.7. The van der Waals surface area contributed by atoms with Gasteiger partial charge in [-0.15, -0.1) is 0 Å². The van der Waals surface area contributed by atoms with Gasteiger partial charge in [0.2, 0.25) is 21.8 Å². The third-order valence-corrected chi connectivity index (χ3v) is 7.92. The smallest absolute Gasteiger partial charge is 0.244 e. The first-order valence-corrected chi connectivity index (χ1v) is 14.9. The predicted octanol–water partition coefficient (Wildman–Crippen LogP) is 6.44. The second kappa shape index (κ2) is 12.6. The van der Waals surface area contributed by atoms with E-state index in [4.69, 9.17) is 58.0 Å². The second-order valence-electron chi connectivity index (χ2n) is 9.41. The number of carbonyl (C=O) groups is 2. The minimum absolute atomic E-state index is 0.0163. The molecule has 0 saturated heterocycles. The van der Waals surface area contributed by atoms with Crippen LogP contribution in [0.4, 0.5) is 5.69 Å². The Labute approximate surface area is 243 Å². The molecule has 2 rings (SSSR count). The molecule has 0 aliphatic rings. The van der Waals surface area contributed by atoms with Crippen molar-refractivity contribution in [3.8, 4) is 0 Å². The van der Waals surface area contributed by atoms with E-state index in [-0.39, 0.29) is 33.7 Å². The molecule has 0 aliphatic carbocycles. The van der Waals surface area contributed by atoms with Gasteiger partial charge in [0.1, 0.15) is 12.6 Å². The first kappa shape index (κ1) is 31.8. The quantitative estimate of drug-likeness (QED) is 0.323. The molecule has 1 atom stereocenters. The second-order valence-corrected chi connectivity index (χ2v) is 13.4. The third-order valence-electron chi connectivity index (χ3n) is 5.18. The van der Waals surface area contributed by atoms with Crippen molar-refractivity contribution in [2.75, 3.05) is 17.1 Å². The van der Waals surface area contributed by atoms with Crippen LogP contribution in [0.1, 0.15) is 39.7 Å². The summed E-state index contributed by atoms with van der Waals surface area (Å²) in [5.41, 5.74) is -0.0627. The van der Waals surface area contributed by atoms with Crippen molar-refractivity contribution in [3.63, 3.8) is 0 Å². The van der Waals surface area contributed by atoms with Gasteiger partial charge in [0.25, 0.3) is 0 Å². The maximum Gasteiger partial charge on any atom is 0.244 e. The number of rotatable bonds is 9. The molecule has 0 aliphatic heterocycles. The molecule has 2 aromatic rings. The van der Waals surface area contributed by atoms with E-state index < -0.39 is 40.0 Å². The standard InChI is InChI=1S/C24H28Cl5N3O4S/c1-6-20(23(34)30-24(2,3)4)31(12-14-7-8-15(25)9-16(14)26)22(33)13-32(37(5,35)36)21-11-18(28)17(27)10-19(21)29/h7-11,20H,6,12-13H2,1-5H3,(H,30,34). The number of nitrogens with one attached hydrogen (secondary N) is 1. The van der Waals surface area contributed by atoms with Crippen molar-refractivity contribution in [1.82, 2.24) is 10.2 Å². The van der Waals surface area contributed by atoms with Gasteiger partial charge in [0.05, 0.1) is 27.0 Å². The minimum Gasteiger partial charge on any atom is -0.350 e. The van der Waals surface area contributed by atoms with Crippen molar-refractivity contribution in [2.45, 2.75) is 52.2 Å². The van der Waals surface area contributed by atoms with Gasteiger partial charge in [0.15, 0.2) is 0 Å². The molecule has 2 amide bonds. The lowest BCUT2D eigenvalue weighted by Gasteiger charge is -2.34. The van der Waals surface area contributed by atoms with Crippen LogP contribution in [0.5, 0.6) is 0 Å². The van der Waals surface area contributed by atoms with E-state index >= 15 is 0 Å². The van der Waals surface area contributed by atoms with Gasteiger partial charge >= 0.3 is 0 Å². The Morgan fingerprint density at radius 2 is 1.54 bits per heavy atom. The summed E-state index contributed by atoms with van der Waals surface area (Å²) in [6.07, 6.45) is 1.19. The zero-order valence-electron chi connectivity index (χ0n) is 20.9. The highest BCUT2D eigenvalue weighted by Crippen LogP contribution is 2.36. The van der Waals surface area contributed by atoms with Gasteiger partial charge in [-0.2, -0.15) is 0 Å². The fourth-order valence-corrected chi connectivity index (χ4v) is 5.52. The zero-order valence-corrected chi connectivity index (χ0v) is 25.5. The SMILES string of the molecule is CCC(C(=O)NC(C)(C)C)N(Cc1ccc(Cl)cc1Cl)C(=O)CN(c1cc(Cl)c(Cl)cc1Cl)S(C)(=O)=O. The molecule has 1 unspecified atom stereocenters. The number of anilines is 1. The number of halogens is 5. The molecule has 1 N–H and O–H groups in total. The highest BCUT2D eigenvalue weighted by atomic mass is 35.5. The molecule has 7 nitrogen and oxygen atoms in total. The Morgan fingerprint density at radius 3 is 2.05 bits per heavy atom. The first-order chi connectivity index (χ1) is 16.9. The topological polar surface area (TPSA) is 86.8 Å². The Kier molecular flexibility index (Phi) is 10.8. The number of carbonyl (C=O) groups excluding carboxylic acids is 2. The van der Waals surface area contributed by atoms with Crippen LogP contribution in [-0.2, 0) is 26.2 Å². The summed E-state index contributed by atoms with van der Waals surface area (Å²) >= 11 is 30.8. The molecule has 0 aromatic heterocycles. The molecular weight excluding hydrogens is 604 g/mol. The monoisotopic (exact) mass is 629 g/mol. The van der Waals surface area contributed by atoms with Crippen LogP contribution in [0.25, 0.3) is 0 Å². The molecule has 0 radical (unpaired) electrons. The lowest BCUT2D eigenvalue weighted by molar-refractivity contribution is -0.141. The molecule has 0 heterocycles. The van der Waals surface area contributed by atoms with Crippen LogP contribution in [-0.4, -0.2) is 49.5 Å². The highest BCUT2D eigenvalue weighted by molar-refractivity contribution is 7.92. The maximum absolute atomic E-state index is 13.8. The molecule has 204 valence electrons. The Hall–Kier alpha value is -1.42. The third kappa shape index (κ3) is 8.80. The summed E-state index contributed by atoms with van der Waals surface area (Å²) in [6, 6.07) is 6.41. The molecule has 37 heavy (non-hydrogen) atoms. The van der Waals surface area contributed by atoms with Crippen LogP contribution >= 0.6 is 58.0 Å². The van der Waals surface area contributed by atoms with Gasteiger partial charge in [-0.05, 0) is 57.0 Å². The van der Waals surface area contributed by atoms with Gasteiger partial charge in [-0.25, -0.2) is 8.42 Å². The highest BCUT2D eigenvalue weighted by Gasteiger charge is 2.34. The van der Waals surface area contributed by atoms with Gasteiger partial charge in [0, 0.05) is 22.1 Å². The average Bonchev–Trinajstić information content (AvgIpc) is 2.74. The number of nitrogens with zero attached hydrogens (tertiary/aromatic N) is 2. The van der Waals surface area contributed by atoms with Crippen molar-refractivity contribution in [2.24, 2.45) is 0 Å². The van der Waals surface area contributed by atoms with Gasteiger partial charge in [-0.1, -0.05) is 71.0 Å². The largest absolute Gasteiger partial charge is 0.350 e. The van der Waals surface area contributed by atoms with Crippen LogP contribution in [0.15, 0.2) is 30.3 Å². The van der Waals surface area contributed by atoms with Crippen LogP contribution in [0, 0.1) is 0 Å². The molecule has 13 heteroatoms. The van der Waals surface area contributed by atoms with Crippen LogP contribution in [0.3, 0.4) is 0 Å². The minimum atomic E-state index is -4.01. The molecule has 0 saturated carbocycles. The number of amides is 2. The van der Waals surface area contributed by atoms with Crippen LogP contribution < -0.4 is 9.62 Å². The molecular formula is C24H28Cl5N3O4S. The van der Waals surface area contributed by atoms with E-state index in [0.717, 1.165) is 10.6 Å². The molecule has 0 bridgehead atoms. The zero-order chi connectivity index (χ0) is 28.3. The summed E-state index contributed by atoms with van der Waals surface area (Å²) in [4.78, 5) is 28.3. The summed E-state index contributed by atoms with van der Waals surface area (Å²) in [6.45, 7) is 6.48. The molecule has 0 fully saturated rings. The van der Waals surface area contributed by atoms with Gasteiger partial charge < -0.3 is 10.2 Å². The predicted molar refractivity (Wildman–Crippen MR) is 153 cm³/mol. The molecule has 0 spiro atoms. The van der Waals surface area contributed by atoms with Crippen molar-refractivity contribution in [1.29, 1.82) is 0 Å². The fraction of sp³-hybridized carbons (Fsp3) is 0.417. The lowest BCUT2D eigenvalue weighted by atomic mass is 10.1. The summed E-state index contributed by atoms with van der Waals surface area (Å²) in [5, 5.41) is 3.75. The summed E-state index contributed by atoms with van der Waals surface area (Å²) < 4.78 is 26.3. The summed E-state index contributed by atoms with van der Waals surface area (Å²) in [5.74, 6) is -1.05. The fourth-order valence-electron chi connectivity index (χ4n) is 3.50. The van der Waals surface area contributed by atoms with E-state index in [9.17, 15) is 18.0 Å². The van der Waals surface area contributed by atoms with E-state index in [1.165, 1.54) is 23.1 Å². The number of benzene rings is 2. The van der Waals surface area contributed by atoms with E-state index in [2.05, 4.69) is 5.32 Å². The maximum atomic E-state index is 13.8. The number of hydrogen-bond donors (Lipinski definition) is 1. The lowest BCUT2D eigenvalue weighted by Crippen LogP contribution is -2.55. The van der Waals surface area contributed by atoms with Crippen LogP contribution in [0.2, 0.25) is 25.1 Å². The van der Waals surface area contributed by atoms with Crippen molar-refractivity contribution < 1.29 is 18.0 Å². The van der Waals surface area contributed by atoms with Crippen molar-refractivity contribution >= 4 is 85.5 Å². The first-order valence-electron chi connectivity index (χ1n) is 11.1. The number of sulfonamides is 1. The van der Waals surface area contributed by atoms with E-state index in [1.807, 2.05) is 20.8 Å². The Morgan fingerprint density at radius 1 is 0.946 bits per heavy atom. The molecule has 2 aromatic carbocycles. The Bertz CT molecular complexity index is 1280. The van der Waals surface area contributed by atoms with Crippen molar-refractivity contribution in [3.05, 3.63) is 61.0 Å². The van der Waals surface area contributed by atoms with E-state index in [1.54, 1.807) is 19.1 Å². The average molecular weight is 632 g/mol. The number of hydrogen-bond acceptors (Lipinski definition) is 4. The Balaban J connectivity index is 2.56. The summed E-state index contributed by atoms with van der Waals surface area (Å²) in [7, 11) is -4.01.